The van der Waals surface area contributed by atoms with Crippen LogP contribution >= 0.6 is 18.7 Å². The van der Waals surface area contributed by atoms with Crippen LogP contribution in [-0.4, -0.2) is 11.1 Å². The summed E-state index contributed by atoms with van der Waals surface area (Å²) in [6, 6.07) is 15.8. The molecule has 1 aromatic heterocycles. The van der Waals surface area contributed by atoms with Crippen molar-refractivity contribution >= 4 is 35.0 Å². The lowest BCUT2D eigenvalue weighted by molar-refractivity contribution is 0.578. The number of rotatable bonds is 1. The maximum absolute atomic E-state index is 13.4. The monoisotopic (exact) mass is 315 g/mol. The normalized spacial score (nSPS) is 21.4. The molecule has 3 aromatic rings. The summed E-state index contributed by atoms with van der Waals surface area (Å²) < 4.78 is 13.4. The number of aromatic amines is 1. The molecule has 0 fully saturated rings. The van der Waals surface area contributed by atoms with Crippen molar-refractivity contribution < 1.29 is 4.57 Å². The molecule has 2 heterocycles. The lowest BCUT2D eigenvalue weighted by Gasteiger charge is -2.23. The van der Waals surface area contributed by atoms with Gasteiger partial charge >= 0.3 is 0 Å². The summed E-state index contributed by atoms with van der Waals surface area (Å²) in [5, 5.41) is 2.84. The third-order valence-corrected chi connectivity index (χ3v) is 7.57. The molecule has 0 saturated heterocycles. The predicted molar refractivity (Wildman–Crippen MR) is 89.3 cm³/mol. The van der Waals surface area contributed by atoms with Gasteiger partial charge in [-0.25, -0.2) is 0 Å². The fraction of sp³-hybridized carbons (Fsp3) is 0.176. The summed E-state index contributed by atoms with van der Waals surface area (Å²) in [6.45, 7) is 0. The van der Waals surface area contributed by atoms with E-state index in [0.29, 0.717) is 6.16 Å². The largest absolute Gasteiger partial charge is 0.358 e. The fourth-order valence-electron chi connectivity index (χ4n) is 3.22. The molecule has 0 spiro atoms. The van der Waals surface area contributed by atoms with Crippen LogP contribution in [0.25, 0.3) is 10.9 Å². The Kier molecular flexibility index (Phi) is 2.99. The van der Waals surface area contributed by atoms with Crippen molar-refractivity contribution in [3.05, 3.63) is 64.8 Å². The van der Waals surface area contributed by atoms with Gasteiger partial charge in [-0.05, 0) is 30.2 Å². The first-order valence-corrected chi connectivity index (χ1v) is 9.54. The third kappa shape index (κ3) is 2.14. The van der Waals surface area contributed by atoms with Crippen molar-refractivity contribution in [1.82, 2.24) is 4.98 Å². The van der Waals surface area contributed by atoms with Gasteiger partial charge in [0.2, 0.25) is 0 Å². The van der Waals surface area contributed by atoms with Crippen LogP contribution in [0.1, 0.15) is 11.3 Å². The number of hydrogen-bond acceptors (Lipinski definition) is 1. The topological polar surface area (TPSA) is 32.9 Å². The van der Waals surface area contributed by atoms with Crippen molar-refractivity contribution in [3.8, 4) is 0 Å². The smallest absolute Gasteiger partial charge is 0.120 e. The number of nitrogens with one attached hydrogen (secondary N) is 1. The van der Waals surface area contributed by atoms with Gasteiger partial charge in [0.05, 0.1) is 0 Å². The van der Waals surface area contributed by atoms with Crippen molar-refractivity contribution in [2.75, 3.05) is 6.16 Å². The number of H-pyrrole nitrogens is 1. The summed E-state index contributed by atoms with van der Waals surface area (Å²) in [4.78, 5) is 3.45. The maximum Gasteiger partial charge on any atom is 0.120 e. The van der Waals surface area contributed by atoms with Crippen molar-refractivity contribution in [1.29, 1.82) is 0 Å². The van der Waals surface area contributed by atoms with Crippen LogP contribution in [0.15, 0.2) is 48.5 Å². The maximum atomic E-state index is 13.4. The summed E-state index contributed by atoms with van der Waals surface area (Å²) >= 11 is 6.12. The van der Waals surface area contributed by atoms with E-state index in [9.17, 15) is 4.57 Å². The molecule has 1 N–H and O–H groups in total. The summed E-state index contributed by atoms with van der Waals surface area (Å²) in [5.74, 6) is 0. The molecule has 1 atom stereocenters. The predicted octanol–water partition coefficient (Wildman–Crippen LogP) is 4.57. The highest BCUT2D eigenvalue weighted by Gasteiger charge is 2.32. The molecule has 21 heavy (non-hydrogen) atoms. The Morgan fingerprint density at radius 2 is 1.90 bits per heavy atom. The van der Waals surface area contributed by atoms with E-state index >= 15 is 0 Å². The Morgan fingerprint density at radius 3 is 2.71 bits per heavy atom. The van der Waals surface area contributed by atoms with Crippen LogP contribution in [-0.2, 0) is 17.1 Å². The van der Waals surface area contributed by atoms with Crippen LogP contribution in [0.5, 0.6) is 0 Å². The Labute approximate surface area is 128 Å². The lowest BCUT2D eigenvalue weighted by Crippen LogP contribution is -2.16. The van der Waals surface area contributed by atoms with E-state index in [1.54, 1.807) is 0 Å². The van der Waals surface area contributed by atoms with E-state index in [4.69, 9.17) is 11.6 Å². The number of aryl methyl sites for hydroxylation is 1. The van der Waals surface area contributed by atoms with E-state index in [1.165, 1.54) is 11.3 Å². The average molecular weight is 316 g/mol. The molecule has 0 unspecified atom stereocenters. The highest BCUT2D eigenvalue weighted by Crippen LogP contribution is 2.53. The van der Waals surface area contributed by atoms with Gasteiger partial charge in [-0.3, -0.25) is 0 Å². The summed E-state index contributed by atoms with van der Waals surface area (Å²) in [7, 11) is -2.35. The van der Waals surface area contributed by atoms with Gasteiger partial charge in [-0.1, -0.05) is 41.9 Å². The van der Waals surface area contributed by atoms with E-state index in [0.717, 1.165) is 33.8 Å². The zero-order valence-electron chi connectivity index (χ0n) is 11.5. The second kappa shape index (κ2) is 4.76. The Balaban J connectivity index is 1.86. The number of benzene rings is 2. The minimum atomic E-state index is -2.35. The molecular weight excluding hydrogens is 301 g/mol. The van der Waals surface area contributed by atoms with E-state index < -0.39 is 7.14 Å². The fourth-order valence-corrected chi connectivity index (χ4v) is 6.16. The summed E-state index contributed by atoms with van der Waals surface area (Å²) in [6.07, 6.45) is 2.21. The van der Waals surface area contributed by atoms with Gasteiger partial charge in [-0.15, -0.1) is 0 Å². The number of hydrogen-bond donors (Lipinski definition) is 1. The quantitative estimate of drug-likeness (QED) is 0.656. The second-order valence-electron chi connectivity index (χ2n) is 5.63. The van der Waals surface area contributed by atoms with Gasteiger partial charge < -0.3 is 9.55 Å². The van der Waals surface area contributed by atoms with Crippen LogP contribution < -0.4 is 5.30 Å². The molecule has 0 saturated carbocycles. The summed E-state index contributed by atoms with van der Waals surface area (Å²) in [5.41, 5.74) is 3.49. The van der Waals surface area contributed by atoms with Crippen LogP contribution in [0.3, 0.4) is 0 Å². The minimum absolute atomic E-state index is 0.632. The third-order valence-electron chi connectivity index (χ3n) is 4.32. The van der Waals surface area contributed by atoms with E-state index in [2.05, 4.69) is 4.98 Å². The Bertz CT molecular complexity index is 869. The number of aromatic nitrogens is 1. The molecule has 1 aliphatic heterocycles. The van der Waals surface area contributed by atoms with E-state index in [-0.39, 0.29) is 0 Å². The van der Waals surface area contributed by atoms with Crippen molar-refractivity contribution in [3.63, 3.8) is 0 Å². The zero-order valence-corrected chi connectivity index (χ0v) is 13.1. The van der Waals surface area contributed by atoms with Gasteiger partial charge in [0, 0.05) is 39.2 Å². The molecule has 1 aliphatic rings. The Hall–Kier alpha value is -1.50. The molecule has 2 nitrogen and oxygen atoms in total. The van der Waals surface area contributed by atoms with Crippen molar-refractivity contribution in [2.45, 2.75) is 12.6 Å². The second-order valence-corrected chi connectivity index (χ2v) is 9.12. The molecular formula is C17H15ClNOP. The van der Waals surface area contributed by atoms with Gasteiger partial charge in [0.15, 0.2) is 0 Å². The van der Waals surface area contributed by atoms with Crippen molar-refractivity contribution in [2.24, 2.45) is 0 Å². The molecule has 106 valence electrons. The number of halogens is 1. The van der Waals surface area contributed by atoms with Crippen LogP contribution in [0.2, 0.25) is 5.02 Å². The molecule has 0 radical (unpaired) electrons. The van der Waals surface area contributed by atoms with Crippen LogP contribution in [0, 0.1) is 0 Å². The highest BCUT2D eigenvalue weighted by molar-refractivity contribution is 7.70. The SMILES string of the molecule is O=[P@@]1(c2ccccc2)CCc2[nH]c3ccc(Cl)cc3c2C1. The van der Waals surface area contributed by atoms with Gasteiger partial charge in [0.25, 0.3) is 0 Å². The van der Waals surface area contributed by atoms with Gasteiger partial charge in [-0.2, -0.15) is 0 Å². The Morgan fingerprint density at radius 1 is 1.10 bits per heavy atom. The molecule has 0 aliphatic carbocycles. The zero-order chi connectivity index (χ0) is 14.4. The lowest BCUT2D eigenvalue weighted by atomic mass is 10.1. The first kappa shape index (κ1) is 13.2. The average Bonchev–Trinajstić information content (AvgIpc) is 2.85. The first-order valence-electron chi connectivity index (χ1n) is 7.08. The van der Waals surface area contributed by atoms with Gasteiger partial charge in [0.1, 0.15) is 7.14 Å². The standard InChI is InChI=1S/C17H15ClNOP/c18-12-6-7-16-14(10-12)15-11-21(20,9-8-17(15)19-16)13-4-2-1-3-5-13/h1-7,10,19H,8-9,11H2/t21-/m0/s1. The van der Waals surface area contributed by atoms with Crippen LogP contribution in [0.4, 0.5) is 0 Å². The molecule has 4 heteroatoms. The molecule has 2 aromatic carbocycles. The molecule has 0 bridgehead atoms. The highest BCUT2D eigenvalue weighted by atomic mass is 35.5. The molecule has 0 amide bonds. The number of fused-ring (bicyclic) bond motifs is 3. The van der Waals surface area contributed by atoms with E-state index in [1.807, 2.05) is 48.5 Å². The minimum Gasteiger partial charge on any atom is -0.358 e. The first-order chi connectivity index (χ1) is 10.2. The molecule has 4 rings (SSSR count).